The predicted octanol–water partition coefficient (Wildman–Crippen LogP) is 2.57. The van der Waals surface area contributed by atoms with Gasteiger partial charge in [-0.1, -0.05) is 0 Å². The van der Waals surface area contributed by atoms with E-state index in [1.807, 2.05) is 12.3 Å². The molecule has 3 nitrogen and oxygen atoms in total. The van der Waals surface area contributed by atoms with Crippen molar-refractivity contribution in [2.75, 3.05) is 0 Å². The second-order valence-corrected chi connectivity index (χ2v) is 6.79. The molecule has 0 amide bonds. The van der Waals surface area contributed by atoms with Gasteiger partial charge in [0.25, 0.3) is 0 Å². The number of aryl methyl sites for hydroxylation is 1. The lowest BCUT2D eigenvalue weighted by atomic mass is 9.74. The summed E-state index contributed by atoms with van der Waals surface area (Å²) < 4.78 is 12.4. The minimum atomic E-state index is -0.291. The molecule has 0 atom stereocenters. The molecule has 0 bridgehead atoms. The lowest BCUT2D eigenvalue weighted by Crippen LogP contribution is -2.41. The van der Waals surface area contributed by atoms with Gasteiger partial charge in [-0.3, -0.25) is 4.98 Å². The molecule has 0 N–H and O–H groups in total. The summed E-state index contributed by atoms with van der Waals surface area (Å²) in [5.74, 6) is 0.605. The van der Waals surface area contributed by atoms with E-state index in [4.69, 9.17) is 9.31 Å². The Bertz CT molecular complexity index is 493. The summed E-state index contributed by atoms with van der Waals surface area (Å²) in [4.78, 5) is 4.58. The van der Waals surface area contributed by atoms with Gasteiger partial charge in [-0.05, 0) is 59.1 Å². The van der Waals surface area contributed by atoms with E-state index >= 15 is 0 Å². The van der Waals surface area contributed by atoms with Crippen molar-refractivity contribution in [2.45, 2.75) is 64.6 Å². The van der Waals surface area contributed by atoms with Gasteiger partial charge in [0.15, 0.2) is 0 Å². The molecule has 1 saturated heterocycles. The van der Waals surface area contributed by atoms with Crippen LogP contribution in [0, 0.1) is 6.92 Å². The normalized spacial score (nSPS) is 24.8. The zero-order chi connectivity index (χ0) is 13.8. The highest BCUT2D eigenvalue weighted by Crippen LogP contribution is 2.41. The Hall–Kier alpha value is -0.865. The van der Waals surface area contributed by atoms with Crippen LogP contribution in [-0.4, -0.2) is 23.3 Å². The van der Waals surface area contributed by atoms with Crippen molar-refractivity contribution >= 4 is 12.6 Å². The summed E-state index contributed by atoms with van der Waals surface area (Å²) in [6.07, 6.45) is 4.38. The number of nitrogens with zero attached hydrogens (tertiary/aromatic N) is 1. The maximum atomic E-state index is 6.19. The first-order valence-electron chi connectivity index (χ1n) is 7.13. The molecular weight excluding hydrogens is 237 g/mol. The van der Waals surface area contributed by atoms with E-state index in [1.165, 1.54) is 24.1 Å². The van der Waals surface area contributed by atoms with Gasteiger partial charge >= 0.3 is 7.12 Å². The minimum absolute atomic E-state index is 0.283. The molecule has 1 aromatic rings. The van der Waals surface area contributed by atoms with E-state index in [0.717, 1.165) is 5.46 Å². The Morgan fingerprint density at radius 2 is 1.74 bits per heavy atom. The van der Waals surface area contributed by atoms with E-state index in [-0.39, 0.29) is 18.3 Å². The van der Waals surface area contributed by atoms with Gasteiger partial charge in [0.2, 0.25) is 0 Å². The lowest BCUT2D eigenvalue weighted by Gasteiger charge is -2.32. The standard InChI is InChI=1S/C15H22BNO2/c1-10-8-9-17-13(11-6-7-11)12(10)16-18-14(2,3)15(4,5)19-16/h8-9,11H,6-7H2,1-5H3. The van der Waals surface area contributed by atoms with E-state index in [1.54, 1.807) is 0 Å². The first kappa shape index (κ1) is 13.1. The van der Waals surface area contributed by atoms with E-state index in [9.17, 15) is 0 Å². The van der Waals surface area contributed by atoms with Crippen molar-refractivity contribution in [2.24, 2.45) is 0 Å². The molecule has 2 aliphatic rings. The summed E-state index contributed by atoms with van der Waals surface area (Å²) in [5, 5.41) is 0. The Kier molecular flexibility index (Phi) is 2.81. The van der Waals surface area contributed by atoms with Crippen LogP contribution in [-0.2, 0) is 9.31 Å². The molecule has 0 spiro atoms. The molecule has 1 aliphatic carbocycles. The quantitative estimate of drug-likeness (QED) is 0.765. The highest BCUT2D eigenvalue weighted by Gasteiger charge is 2.53. The van der Waals surface area contributed by atoms with Gasteiger partial charge < -0.3 is 9.31 Å². The first-order valence-corrected chi connectivity index (χ1v) is 7.13. The third-order valence-corrected chi connectivity index (χ3v) is 4.69. The molecule has 0 unspecified atom stereocenters. The molecule has 2 fully saturated rings. The minimum Gasteiger partial charge on any atom is -0.399 e. The Morgan fingerprint density at radius 3 is 2.26 bits per heavy atom. The summed E-state index contributed by atoms with van der Waals surface area (Å²) in [6.45, 7) is 10.5. The van der Waals surface area contributed by atoms with E-state index in [0.29, 0.717) is 5.92 Å². The number of rotatable bonds is 2. The fourth-order valence-corrected chi connectivity index (χ4v) is 2.54. The molecular formula is C15H22BNO2. The Balaban J connectivity index is 2.00. The Labute approximate surface area is 115 Å². The molecule has 2 heterocycles. The van der Waals surface area contributed by atoms with Crippen LogP contribution in [0.2, 0.25) is 0 Å². The molecule has 1 aliphatic heterocycles. The van der Waals surface area contributed by atoms with Gasteiger partial charge in [0.05, 0.1) is 11.2 Å². The molecule has 4 heteroatoms. The predicted molar refractivity (Wildman–Crippen MR) is 76.7 cm³/mol. The number of aromatic nitrogens is 1. The zero-order valence-electron chi connectivity index (χ0n) is 12.5. The van der Waals surface area contributed by atoms with Crippen molar-refractivity contribution in [1.29, 1.82) is 0 Å². The van der Waals surface area contributed by atoms with Crippen LogP contribution in [0.25, 0.3) is 0 Å². The van der Waals surface area contributed by atoms with E-state index < -0.39 is 0 Å². The monoisotopic (exact) mass is 259 g/mol. The summed E-state index contributed by atoms with van der Waals surface area (Å²) >= 11 is 0. The number of hydrogen-bond acceptors (Lipinski definition) is 3. The number of pyridine rings is 1. The largest absolute Gasteiger partial charge is 0.497 e. The maximum Gasteiger partial charge on any atom is 0.497 e. The van der Waals surface area contributed by atoms with Gasteiger partial charge in [0.1, 0.15) is 0 Å². The Morgan fingerprint density at radius 1 is 1.16 bits per heavy atom. The lowest BCUT2D eigenvalue weighted by molar-refractivity contribution is 0.00578. The second-order valence-electron chi connectivity index (χ2n) is 6.79. The van der Waals surface area contributed by atoms with Gasteiger partial charge in [-0.15, -0.1) is 0 Å². The maximum absolute atomic E-state index is 6.19. The van der Waals surface area contributed by atoms with Crippen LogP contribution < -0.4 is 5.46 Å². The first-order chi connectivity index (χ1) is 8.82. The third-order valence-electron chi connectivity index (χ3n) is 4.69. The smallest absolute Gasteiger partial charge is 0.399 e. The van der Waals surface area contributed by atoms with Crippen molar-refractivity contribution in [1.82, 2.24) is 4.98 Å². The van der Waals surface area contributed by atoms with Crippen LogP contribution in [0.15, 0.2) is 12.3 Å². The van der Waals surface area contributed by atoms with Crippen LogP contribution in [0.3, 0.4) is 0 Å². The molecule has 1 saturated carbocycles. The van der Waals surface area contributed by atoms with E-state index in [2.05, 4.69) is 39.6 Å². The SMILES string of the molecule is Cc1ccnc(C2CC2)c1B1OC(C)(C)C(C)(C)O1. The summed E-state index contributed by atoms with van der Waals surface area (Å²) in [5.41, 5.74) is 2.97. The summed E-state index contributed by atoms with van der Waals surface area (Å²) in [6, 6.07) is 2.05. The molecule has 102 valence electrons. The van der Waals surface area contributed by atoms with Crippen LogP contribution in [0.4, 0.5) is 0 Å². The van der Waals surface area contributed by atoms with Gasteiger partial charge in [0, 0.05) is 23.3 Å². The topological polar surface area (TPSA) is 31.4 Å². The molecule has 0 aromatic carbocycles. The van der Waals surface area contributed by atoms with Crippen LogP contribution >= 0.6 is 0 Å². The fourth-order valence-electron chi connectivity index (χ4n) is 2.54. The van der Waals surface area contributed by atoms with Crippen molar-refractivity contribution in [3.05, 3.63) is 23.5 Å². The number of hydrogen-bond donors (Lipinski definition) is 0. The van der Waals surface area contributed by atoms with Crippen molar-refractivity contribution < 1.29 is 9.31 Å². The third kappa shape index (κ3) is 2.11. The van der Waals surface area contributed by atoms with Crippen LogP contribution in [0.1, 0.15) is 57.7 Å². The van der Waals surface area contributed by atoms with Gasteiger partial charge in [-0.25, -0.2) is 0 Å². The fraction of sp³-hybridized carbons (Fsp3) is 0.667. The molecule has 0 radical (unpaired) electrons. The zero-order valence-corrected chi connectivity index (χ0v) is 12.5. The molecule has 19 heavy (non-hydrogen) atoms. The second kappa shape index (κ2) is 4.06. The molecule has 3 rings (SSSR count). The molecule has 1 aromatic heterocycles. The average Bonchev–Trinajstić information content (AvgIpc) is 3.07. The van der Waals surface area contributed by atoms with Crippen molar-refractivity contribution in [3.8, 4) is 0 Å². The van der Waals surface area contributed by atoms with Gasteiger partial charge in [-0.2, -0.15) is 0 Å². The highest BCUT2D eigenvalue weighted by atomic mass is 16.7. The summed E-state index contributed by atoms with van der Waals surface area (Å²) in [7, 11) is -0.283. The average molecular weight is 259 g/mol. The van der Waals surface area contributed by atoms with Crippen molar-refractivity contribution in [3.63, 3.8) is 0 Å². The highest BCUT2D eigenvalue weighted by molar-refractivity contribution is 6.63. The van der Waals surface area contributed by atoms with Crippen LogP contribution in [0.5, 0.6) is 0 Å².